The first-order chi connectivity index (χ1) is 42.0. The number of pyridine rings is 2. The van der Waals surface area contributed by atoms with E-state index in [9.17, 15) is 28.4 Å². The first-order valence-corrected chi connectivity index (χ1v) is 32.9. The number of H-pyrrole nitrogens is 1. The highest BCUT2D eigenvalue weighted by atomic mass is 32.2. The van der Waals surface area contributed by atoms with Crippen molar-refractivity contribution in [3.05, 3.63) is 124 Å². The minimum Gasteiger partial charge on any atom is -0.493 e. The molecule has 21 heteroatoms. The number of carbonyl (C=O) groups is 1. The maximum Gasteiger partial charge on any atom is 0.293 e. The zero-order valence-corrected chi connectivity index (χ0v) is 51.2. The molecule has 0 radical (unpaired) electrons. The highest BCUT2D eigenvalue weighted by molar-refractivity contribution is 7.90. The number of likely N-dealkylation sites (tertiary alicyclic amines) is 1. The number of aliphatic hydroxyl groups is 1. The summed E-state index contributed by atoms with van der Waals surface area (Å²) in [7, 11) is -2.91. The second-order valence-corrected chi connectivity index (χ2v) is 27.9. The smallest absolute Gasteiger partial charge is 0.293 e. The number of nitro benzene ring substituents is 1. The van der Waals surface area contributed by atoms with Crippen molar-refractivity contribution < 1.29 is 42.2 Å². The molecule has 5 aliphatic heterocycles. The Morgan fingerprint density at radius 1 is 0.897 bits per heavy atom. The van der Waals surface area contributed by atoms with E-state index in [0.29, 0.717) is 99.1 Å². The van der Waals surface area contributed by atoms with Crippen molar-refractivity contribution in [2.24, 2.45) is 17.3 Å². The molecule has 2 saturated carbocycles. The molecule has 6 aromatic rings. The van der Waals surface area contributed by atoms with Crippen LogP contribution in [-0.2, 0) is 25.9 Å². The van der Waals surface area contributed by atoms with Crippen LogP contribution in [0.15, 0.2) is 96.2 Å². The zero-order chi connectivity index (χ0) is 60.2. The van der Waals surface area contributed by atoms with Crippen LogP contribution in [0.5, 0.6) is 11.6 Å². The molecule has 4 saturated heterocycles. The summed E-state index contributed by atoms with van der Waals surface area (Å²) < 4.78 is 55.1. The molecular weight excluding hydrogens is 1120 g/mol. The predicted molar refractivity (Wildman–Crippen MR) is 334 cm³/mol. The van der Waals surface area contributed by atoms with Crippen LogP contribution in [0, 0.1) is 27.4 Å². The molecule has 13 rings (SSSR count). The number of carbonyl (C=O) groups excluding carboxylic acids is 1. The topological polar surface area (TPSA) is 230 Å². The van der Waals surface area contributed by atoms with Crippen LogP contribution in [0.25, 0.3) is 11.0 Å². The molecule has 4 N–H and O–H groups in total. The maximum atomic E-state index is 14.9. The Morgan fingerprint density at radius 3 is 2.46 bits per heavy atom. The van der Waals surface area contributed by atoms with Crippen molar-refractivity contribution in [2.75, 3.05) is 92.8 Å². The average Bonchev–Trinajstić information content (AvgIpc) is 1.53. The summed E-state index contributed by atoms with van der Waals surface area (Å²) in [5, 5.41) is 26.9. The quantitative estimate of drug-likeness (QED) is 0.0521. The fraction of sp³-hybridized carbons (Fsp3) is 0.530. The molecule has 4 atom stereocenters. The van der Waals surface area contributed by atoms with E-state index in [0.717, 1.165) is 119 Å². The molecule has 6 fully saturated rings. The number of benzene rings is 3. The maximum absolute atomic E-state index is 14.9. The van der Waals surface area contributed by atoms with Gasteiger partial charge in [0.15, 0.2) is 11.6 Å². The Kier molecular flexibility index (Phi) is 16.4. The molecule has 87 heavy (non-hydrogen) atoms. The first kappa shape index (κ1) is 59.0. The Hall–Kier alpha value is -7.04. The number of methoxy groups -OCH3 is 1. The lowest BCUT2D eigenvalue weighted by Gasteiger charge is -2.58. The number of ether oxygens (including phenoxy) is 4. The fourth-order valence-electron chi connectivity index (χ4n) is 15.3. The lowest BCUT2D eigenvalue weighted by Crippen LogP contribution is -2.57. The summed E-state index contributed by atoms with van der Waals surface area (Å²) in [4.78, 5) is 49.0. The number of piperidine rings is 2. The van der Waals surface area contributed by atoms with Gasteiger partial charge in [0.2, 0.25) is 5.88 Å². The van der Waals surface area contributed by atoms with Crippen LogP contribution in [0.3, 0.4) is 0 Å². The van der Waals surface area contributed by atoms with Crippen molar-refractivity contribution in [1.29, 1.82) is 0 Å². The first-order valence-electron chi connectivity index (χ1n) is 31.4. The van der Waals surface area contributed by atoms with Gasteiger partial charge in [0.1, 0.15) is 23.1 Å². The third kappa shape index (κ3) is 12.1. The van der Waals surface area contributed by atoms with Crippen molar-refractivity contribution in [1.82, 2.24) is 24.6 Å². The van der Waals surface area contributed by atoms with E-state index in [2.05, 4.69) is 85.0 Å². The Balaban J connectivity index is 0.743. The van der Waals surface area contributed by atoms with E-state index < -0.39 is 43.1 Å². The SMILES string of the molecule is COc1cc(C[C@H]2CCN(C3CC4(CCN(c5ccc(C(=O)NS(=O)(=O)c6ccc(NCC7CCC(C)(O)CC7)c([N+](=O)[O-])c6)c(N6c7cc8cc[nH]c8nc7O[C@H]7COCC[C@@H]76)c5)CC4)C3)[C@H](c3ccccc3C(C)C)C2)cnc1N1CCOCC1. The van der Waals surface area contributed by atoms with Gasteiger partial charge in [-0.3, -0.25) is 19.8 Å². The number of fused-ring (bicyclic) bond motifs is 3. The van der Waals surface area contributed by atoms with Crippen molar-refractivity contribution >= 4 is 61.2 Å². The minimum atomic E-state index is -4.65. The lowest BCUT2D eigenvalue weighted by atomic mass is 9.59. The number of hydrogen-bond donors (Lipinski definition) is 4. The standard InChI is InChI=1S/C66H82N10O10S/c1-42(2)50-7-5-6-8-51(50)55-32-44(31-45-33-59(83-4)62(69-40-45)73-26-29-84-30-27-73)16-23-74(55)48-37-66(38-48)20-24-72(25-21-66)47-9-11-52(56(35-47)75-54-17-28-85-41-60(54)86-64-58(75)34-46-15-22-67-61(46)70-64)63(77)71-87(81,82)49-10-12-53(57(36-49)76(79)80)68-39-43-13-18-65(3,78)19-14-43/h5-12,15,22,33-36,40,42-44,48,54-55,60,68,78H,13-14,16-21,23-32,37-39,41H2,1-4H3,(H,67,70)(H,71,77)/t43?,44-,54+,55+,60+,65?/m1/s1. The van der Waals surface area contributed by atoms with Crippen molar-refractivity contribution in [3.63, 3.8) is 0 Å². The Labute approximate surface area is 509 Å². The summed E-state index contributed by atoms with van der Waals surface area (Å²) in [6.07, 6.45) is 14.2. The van der Waals surface area contributed by atoms with Crippen LogP contribution in [0.2, 0.25) is 0 Å². The number of sulfonamides is 1. The summed E-state index contributed by atoms with van der Waals surface area (Å²) in [5.41, 5.74) is 6.12. The largest absolute Gasteiger partial charge is 0.493 e. The molecule has 1 amide bonds. The zero-order valence-electron chi connectivity index (χ0n) is 50.4. The predicted octanol–water partition coefficient (Wildman–Crippen LogP) is 10.4. The number of aromatic amines is 1. The minimum absolute atomic E-state index is 0.111. The van der Waals surface area contributed by atoms with Gasteiger partial charge in [-0.1, -0.05) is 38.1 Å². The molecule has 462 valence electrons. The highest BCUT2D eigenvalue weighted by Gasteiger charge is 2.51. The number of nitrogens with zero attached hydrogens (tertiary/aromatic N) is 7. The van der Waals surface area contributed by atoms with Crippen LogP contribution in [-0.4, -0.2) is 141 Å². The summed E-state index contributed by atoms with van der Waals surface area (Å²) in [5.74, 6) is 2.28. The van der Waals surface area contributed by atoms with E-state index in [1.54, 1.807) is 13.2 Å². The molecule has 0 bridgehead atoms. The van der Waals surface area contributed by atoms with E-state index in [1.807, 2.05) is 37.4 Å². The molecular formula is C66H82N10O10S. The Bertz CT molecular complexity index is 3620. The second kappa shape index (κ2) is 24.2. The molecule has 2 aliphatic carbocycles. The number of aromatic nitrogens is 3. The summed E-state index contributed by atoms with van der Waals surface area (Å²) in [6, 6.07) is 25.0. The van der Waals surface area contributed by atoms with Gasteiger partial charge in [-0.15, -0.1) is 0 Å². The van der Waals surface area contributed by atoms with Gasteiger partial charge in [0.05, 0.1) is 59.6 Å². The van der Waals surface area contributed by atoms with Crippen LogP contribution >= 0.6 is 0 Å². The van der Waals surface area contributed by atoms with Gasteiger partial charge < -0.3 is 49.1 Å². The third-order valence-corrected chi connectivity index (χ3v) is 21.6. The number of amides is 1. The van der Waals surface area contributed by atoms with Gasteiger partial charge in [-0.2, -0.15) is 4.98 Å². The number of morpholine rings is 1. The van der Waals surface area contributed by atoms with Crippen LogP contribution in [0.4, 0.5) is 34.3 Å². The molecule has 0 unspecified atom stereocenters. The molecule has 3 aromatic heterocycles. The Morgan fingerprint density at radius 2 is 1.69 bits per heavy atom. The molecule has 8 heterocycles. The fourth-order valence-corrected chi connectivity index (χ4v) is 16.3. The third-order valence-electron chi connectivity index (χ3n) is 20.2. The number of nitro groups is 1. The molecule has 20 nitrogen and oxygen atoms in total. The van der Waals surface area contributed by atoms with Gasteiger partial charge in [0.25, 0.3) is 21.6 Å². The van der Waals surface area contributed by atoms with Crippen molar-refractivity contribution in [2.45, 2.75) is 138 Å². The molecule has 1 spiro atoms. The summed E-state index contributed by atoms with van der Waals surface area (Å²) >= 11 is 0. The van der Waals surface area contributed by atoms with Gasteiger partial charge in [-0.25, -0.2) is 18.1 Å². The van der Waals surface area contributed by atoms with E-state index in [-0.39, 0.29) is 28.6 Å². The monoisotopic (exact) mass is 1210 g/mol. The van der Waals surface area contributed by atoms with Crippen molar-refractivity contribution in [3.8, 4) is 11.6 Å². The van der Waals surface area contributed by atoms with Crippen LogP contribution < -0.4 is 34.2 Å². The van der Waals surface area contributed by atoms with E-state index >= 15 is 0 Å². The van der Waals surface area contributed by atoms with Gasteiger partial charge >= 0.3 is 0 Å². The lowest BCUT2D eigenvalue weighted by molar-refractivity contribution is -0.384. The van der Waals surface area contributed by atoms with Gasteiger partial charge in [-0.05, 0) is 179 Å². The molecule has 3 aromatic carbocycles. The summed E-state index contributed by atoms with van der Waals surface area (Å²) in [6.45, 7) is 13.3. The van der Waals surface area contributed by atoms with Gasteiger partial charge in [0, 0.05) is 80.9 Å². The number of anilines is 5. The number of nitrogens with one attached hydrogen (secondary N) is 3. The number of hydrogen-bond acceptors (Lipinski definition) is 17. The second-order valence-electron chi connectivity index (χ2n) is 26.2. The highest BCUT2D eigenvalue weighted by Crippen LogP contribution is 2.55. The average molecular weight is 1210 g/mol. The normalized spacial score (nSPS) is 25.1. The van der Waals surface area contributed by atoms with E-state index in [1.165, 1.54) is 28.8 Å². The van der Waals surface area contributed by atoms with Crippen LogP contribution in [0.1, 0.15) is 130 Å². The molecule has 7 aliphatic rings. The number of rotatable bonds is 16. The van der Waals surface area contributed by atoms with E-state index in [4.69, 9.17) is 28.9 Å².